The van der Waals surface area contributed by atoms with Gasteiger partial charge in [0, 0.05) is 29.1 Å². The topological polar surface area (TPSA) is 158 Å². The monoisotopic (exact) mass is 729 g/mol. The standard InChI is InChI=1S/C40H57N5O7/c1-27(2)22-32(36(47)40(5)26-52-40)42-39(50)34(24-30-14-10-7-11-15-30)44-38(49)33(23-28(3)4)43-37(48)31(17-16-29-12-8-6-9-13-29)41-35(46)25-45-18-20-51-21-19-45/h6-15,27-28,31-34H,16-26H2,1-5H3,(H,41,46)(H,42,50)(H,43,48)(H,44,49)/t31-,32+,33-,34-,40+/m0/s1/i1D3,2D3,26D2,27D,32D. The lowest BCUT2D eigenvalue weighted by atomic mass is 9.93. The van der Waals surface area contributed by atoms with Crippen LogP contribution in [0.4, 0.5) is 0 Å². The van der Waals surface area contributed by atoms with Crippen molar-refractivity contribution in [2.24, 2.45) is 11.8 Å². The molecule has 12 heteroatoms. The van der Waals surface area contributed by atoms with Gasteiger partial charge in [0.15, 0.2) is 5.78 Å². The highest BCUT2D eigenvalue weighted by Crippen LogP contribution is 2.29. The predicted molar refractivity (Wildman–Crippen MR) is 198 cm³/mol. The van der Waals surface area contributed by atoms with Gasteiger partial charge in [0.05, 0.1) is 36.4 Å². The molecule has 2 aromatic rings. The molecule has 12 nitrogen and oxygen atoms in total. The van der Waals surface area contributed by atoms with Crippen LogP contribution < -0.4 is 21.3 Å². The lowest BCUT2D eigenvalue weighted by molar-refractivity contribution is -0.135. The fraction of sp³-hybridized carbons (Fsp3) is 0.575. The maximum atomic E-state index is 14.4. The van der Waals surface area contributed by atoms with E-state index in [4.69, 9.17) is 21.8 Å². The Bertz CT molecular complexity index is 1870. The SMILES string of the molecule is [2H]C([2H])([2H])C([2H])(C[C@@]([2H])(NC(=O)[C@H](Cc1ccccc1)NC(=O)[C@H](CC(C)C)NC(=O)[C@H](CCc1ccccc1)NC(=O)CN1CCOCC1)C(=O)[C@]1(C)OC1([2H])[2H])C([2H])([2H])[2H]. The van der Waals surface area contributed by atoms with E-state index >= 15 is 0 Å². The molecule has 4 rings (SSSR count). The molecule has 0 radical (unpaired) electrons. The summed E-state index contributed by atoms with van der Waals surface area (Å²) >= 11 is 0. The van der Waals surface area contributed by atoms with Crippen molar-refractivity contribution >= 4 is 29.4 Å². The second kappa shape index (κ2) is 19.6. The van der Waals surface area contributed by atoms with Gasteiger partial charge in [-0.1, -0.05) is 88.2 Å². The summed E-state index contributed by atoms with van der Waals surface area (Å²) in [6.07, 6.45) is -1.31. The Kier molecular flexibility index (Phi) is 10.7. The van der Waals surface area contributed by atoms with Crippen LogP contribution in [0, 0.1) is 11.8 Å². The van der Waals surface area contributed by atoms with Crippen LogP contribution in [0.3, 0.4) is 0 Å². The van der Waals surface area contributed by atoms with Crippen LogP contribution in [0.2, 0.25) is 0 Å². The number of carbonyl (C=O) groups excluding carboxylic acids is 5. The van der Waals surface area contributed by atoms with Gasteiger partial charge in [0.25, 0.3) is 0 Å². The van der Waals surface area contributed by atoms with Crippen molar-refractivity contribution in [1.29, 1.82) is 0 Å². The van der Waals surface area contributed by atoms with Gasteiger partial charge in [0.1, 0.15) is 23.7 Å². The molecule has 2 aliphatic rings. The second-order valence-electron chi connectivity index (χ2n) is 13.7. The van der Waals surface area contributed by atoms with Crippen LogP contribution in [0.15, 0.2) is 60.7 Å². The number of ether oxygens (including phenoxy) is 2. The van der Waals surface area contributed by atoms with Crippen LogP contribution >= 0.6 is 0 Å². The molecule has 284 valence electrons. The molecule has 4 N–H and O–H groups in total. The first-order valence-electron chi connectivity index (χ1n) is 22.6. The van der Waals surface area contributed by atoms with Crippen molar-refractivity contribution in [3.05, 3.63) is 71.8 Å². The minimum Gasteiger partial charge on any atom is -0.379 e. The van der Waals surface area contributed by atoms with Crippen molar-refractivity contribution in [3.63, 3.8) is 0 Å². The highest BCUT2D eigenvalue weighted by atomic mass is 16.6. The molecule has 5 atom stereocenters. The number of hydrogen-bond donors (Lipinski definition) is 4. The minimum absolute atomic E-state index is 0.0144. The molecule has 0 saturated carbocycles. The Balaban J connectivity index is 1.65. The molecule has 0 spiro atoms. The molecule has 0 unspecified atom stereocenters. The van der Waals surface area contributed by atoms with E-state index in [2.05, 4.69) is 21.3 Å². The van der Waals surface area contributed by atoms with E-state index in [1.807, 2.05) is 35.2 Å². The molecule has 2 fully saturated rings. The summed E-state index contributed by atoms with van der Waals surface area (Å²) in [7, 11) is 0. The Labute approximate surface area is 322 Å². The van der Waals surface area contributed by atoms with Crippen molar-refractivity contribution in [2.45, 2.75) is 96.3 Å². The van der Waals surface area contributed by atoms with Gasteiger partial charge in [-0.3, -0.25) is 28.9 Å². The summed E-state index contributed by atoms with van der Waals surface area (Å²) < 4.78 is 91.7. The van der Waals surface area contributed by atoms with E-state index in [1.165, 1.54) is 0 Å². The van der Waals surface area contributed by atoms with Gasteiger partial charge < -0.3 is 30.7 Å². The van der Waals surface area contributed by atoms with E-state index in [-0.39, 0.29) is 31.7 Å². The van der Waals surface area contributed by atoms with E-state index in [9.17, 15) is 25.3 Å². The fourth-order valence-electron chi connectivity index (χ4n) is 5.78. The first-order valence-corrected chi connectivity index (χ1v) is 17.6. The summed E-state index contributed by atoms with van der Waals surface area (Å²) in [5.41, 5.74) is -1.06. The number of nitrogens with one attached hydrogen (secondary N) is 4. The van der Waals surface area contributed by atoms with Crippen molar-refractivity contribution in [2.75, 3.05) is 39.4 Å². The quantitative estimate of drug-likeness (QED) is 0.152. The zero-order valence-electron chi connectivity index (χ0n) is 40.0. The lowest BCUT2D eigenvalue weighted by Gasteiger charge is -2.29. The number of benzene rings is 2. The van der Waals surface area contributed by atoms with Crippen molar-refractivity contribution in [3.8, 4) is 0 Å². The molecule has 0 bridgehead atoms. The van der Waals surface area contributed by atoms with E-state index in [0.29, 0.717) is 38.3 Å². The number of carbonyl (C=O) groups is 5. The molecular weight excluding hydrogens is 662 g/mol. The Hall–Kier alpha value is -4.13. The largest absolute Gasteiger partial charge is 0.379 e. The van der Waals surface area contributed by atoms with Crippen molar-refractivity contribution < 1.29 is 47.2 Å². The molecule has 2 aromatic carbocycles. The van der Waals surface area contributed by atoms with Gasteiger partial charge >= 0.3 is 0 Å². The summed E-state index contributed by atoms with van der Waals surface area (Å²) in [5.74, 6) is -8.53. The molecule has 52 heavy (non-hydrogen) atoms. The predicted octanol–water partition coefficient (Wildman–Crippen LogP) is 2.58. The number of Topliss-reactive ketones (excluding diaryl/α,β-unsaturated/α-hetero) is 1. The number of epoxide rings is 1. The third-order valence-corrected chi connectivity index (χ3v) is 8.69. The maximum Gasteiger partial charge on any atom is 0.243 e. The first-order chi connectivity index (χ1) is 28.7. The van der Waals surface area contributed by atoms with Gasteiger partial charge in [-0.2, -0.15) is 0 Å². The highest BCUT2D eigenvalue weighted by molar-refractivity contribution is 5.98. The van der Waals surface area contributed by atoms with Crippen LogP contribution in [-0.2, 0) is 46.3 Å². The number of aryl methyl sites for hydroxylation is 1. The van der Waals surface area contributed by atoms with E-state index in [0.717, 1.165) is 12.5 Å². The smallest absolute Gasteiger partial charge is 0.243 e. The maximum absolute atomic E-state index is 14.4. The molecule has 2 heterocycles. The Morgan fingerprint density at radius 2 is 1.40 bits per heavy atom. The second-order valence-corrected chi connectivity index (χ2v) is 13.7. The van der Waals surface area contributed by atoms with Gasteiger partial charge in [0.2, 0.25) is 23.6 Å². The summed E-state index contributed by atoms with van der Waals surface area (Å²) in [6.45, 7) is -3.44. The molecule has 2 saturated heterocycles. The van der Waals surface area contributed by atoms with Crippen LogP contribution in [-0.4, -0.2) is 103 Å². The summed E-state index contributed by atoms with van der Waals surface area (Å²) in [5, 5.41) is 10.2. The molecule has 0 aromatic heterocycles. The number of rotatable bonds is 20. The summed E-state index contributed by atoms with van der Waals surface area (Å²) in [4.78, 5) is 71.8. The number of nitrogens with zero attached hydrogens (tertiary/aromatic N) is 1. The number of morpholine rings is 1. The van der Waals surface area contributed by atoms with Crippen LogP contribution in [0.25, 0.3) is 0 Å². The third-order valence-electron chi connectivity index (χ3n) is 8.69. The average molecular weight is 730 g/mol. The first kappa shape index (κ1) is 28.4. The fourth-order valence-corrected chi connectivity index (χ4v) is 5.78. The average Bonchev–Trinajstić information content (AvgIpc) is 3.72. The molecule has 4 amide bonds. The number of amides is 4. The van der Waals surface area contributed by atoms with Gasteiger partial charge in [-0.25, -0.2) is 0 Å². The summed E-state index contributed by atoms with van der Waals surface area (Å²) in [6, 6.07) is 10.1. The van der Waals surface area contributed by atoms with Gasteiger partial charge in [-0.05, 0) is 55.5 Å². The Morgan fingerprint density at radius 1 is 0.827 bits per heavy atom. The number of hydrogen-bond acceptors (Lipinski definition) is 8. The molecular formula is C40H57N5O7. The van der Waals surface area contributed by atoms with Gasteiger partial charge in [-0.15, -0.1) is 0 Å². The Morgan fingerprint density at radius 3 is 2.00 bits per heavy atom. The third kappa shape index (κ3) is 13.1. The van der Waals surface area contributed by atoms with Crippen LogP contribution in [0.5, 0.6) is 0 Å². The molecule has 0 aliphatic carbocycles. The van der Waals surface area contributed by atoms with E-state index < -0.39 is 91.7 Å². The van der Waals surface area contributed by atoms with E-state index in [1.54, 1.807) is 44.2 Å². The number of ketones is 1. The zero-order valence-corrected chi connectivity index (χ0v) is 30.0. The minimum atomic E-state index is -3.64. The van der Waals surface area contributed by atoms with Crippen LogP contribution in [0.1, 0.15) is 78.6 Å². The molecule has 2 aliphatic heterocycles. The normalized spacial score (nSPS) is 24.7. The van der Waals surface area contributed by atoms with Crippen molar-refractivity contribution in [1.82, 2.24) is 26.2 Å². The highest BCUT2D eigenvalue weighted by Gasteiger charge is 2.50. The lowest BCUT2D eigenvalue weighted by Crippen LogP contribution is -2.59. The zero-order chi connectivity index (χ0) is 46.3.